The fourth-order valence-corrected chi connectivity index (χ4v) is 2.66. The number of hydrogen-bond acceptors (Lipinski definition) is 5. The summed E-state index contributed by atoms with van der Waals surface area (Å²) in [4.78, 5) is 0. The predicted octanol–water partition coefficient (Wildman–Crippen LogP) is 3.27. The Hall–Kier alpha value is -2.50. The summed E-state index contributed by atoms with van der Waals surface area (Å²) in [5.74, 6) is 2.37. The van der Waals surface area contributed by atoms with Crippen molar-refractivity contribution in [3.05, 3.63) is 59.9 Å². The quantitative estimate of drug-likeness (QED) is 0.697. The van der Waals surface area contributed by atoms with Gasteiger partial charge in [-0.2, -0.15) is 0 Å². The maximum Gasteiger partial charge on any atom is 0.134 e. The topological polar surface area (TPSA) is 63.9 Å². The van der Waals surface area contributed by atoms with E-state index in [9.17, 15) is 5.11 Å². The number of nitrogens with one attached hydrogen (secondary N) is 1. The standard InChI is InChI=1S/C19H21NO4/c1-22-15-5-3-4-13(8-15)18(12-21)20-11-17-10-14-9-16(23-2)6-7-19(14)24-17/h3-10,18,20-21H,11-12H2,1-2H3. The molecule has 1 unspecified atom stereocenters. The first-order valence-corrected chi connectivity index (χ1v) is 7.78. The molecular weight excluding hydrogens is 306 g/mol. The van der Waals surface area contributed by atoms with Crippen LogP contribution in [0.1, 0.15) is 17.4 Å². The van der Waals surface area contributed by atoms with E-state index in [-0.39, 0.29) is 12.6 Å². The molecule has 0 bridgehead atoms. The second-order valence-electron chi connectivity index (χ2n) is 5.51. The third-order valence-corrected chi connectivity index (χ3v) is 3.98. The normalized spacial score (nSPS) is 12.3. The summed E-state index contributed by atoms with van der Waals surface area (Å²) in [5.41, 5.74) is 1.78. The van der Waals surface area contributed by atoms with Crippen LogP contribution in [0.5, 0.6) is 11.5 Å². The highest BCUT2D eigenvalue weighted by atomic mass is 16.5. The molecule has 0 amide bonds. The van der Waals surface area contributed by atoms with E-state index < -0.39 is 0 Å². The van der Waals surface area contributed by atoms with Crippen molar-refractivity contribution < 1.29 is 19.0 Å². The molecule has 0 saturated carbocycles. The van der Waals surface area contributed by atoms with Crippen molar-refractivity contribution in [2.24, 2.45) is 0 Å². The minimum atomic E-state index is -0.192. The Morgan fingerprint density at radius 3 is 2.58 bits per heavy atom. The van der Waals surface area contributed by atoms with Crippen LogP contribution < -0.4 is 14.8 Å². The number of aliphatic hydroxyl groups is 1. The molecule has 5 heteroatoms. The Bertz CT molecular complexity index is 812. The van der Waals surface area contributed by atoms with Gasteiger partial charge in [0.2, 0.25) is 0 Å². The Morgan fingerprint density at radius 1 is 1.04 bits per heavy atom. The molecule has 0 aliphatic carbocycles. The molecule has 2 N–H and O–H groups in total. The van der Waals surface area contributed by atoms with Gasteiger partial charge in [0.25, 0.3) is 0 Å². The molecule has 0 spiro atoms. The highest BCUT2D eigenvalue weighted by Gasteiger charge is 2.12. The molecule has 1 heterocycles. The Labute approximate surface area is 140 Å². The van der Waals surface area contributed by atoms with E-state index in [1.165, 1.54) is 0 Å². The second-order valence-corrected chi connectivity index (χ2v) is 5.51. The van der Waals surface area contributed by atoms with E-state index in [1.54, 1.807) is 14.2 Å². The third-order valence-electron chi connectivity index (χ3n) is 3.98. The van der Waals surface area contributed by atoms with Gasteiger partial charge in [0.15, 0.2) is 0 Å². The van der Waals surface area contributed by atoms with Gasteiger partial charge < -0.3 is 24.3 Å². The number of benzene rings is 2. The molecule has 0 fully saturated rings. The van der Waals surface area contributed by atoms with Gasteiger partial charge in [0.05, 0.1) is 33.4 Å². The molecule has 24 heavy (non-hydrogen) atoms. The third kappa shape index (κ3) is 3.53. The van der Waals surface area contributed by atoms with Crippen LogP contribution in [0, 0.1) is 0 Å². The lowest BCUT2D eigenvalue weighted by Crippen LogP contribution is -2.23. The van der Waals surface area contributed by atoms with Gasteiger partial charge in [0, 0.05) is 5.39 Å². The van der Waals surface area contributed by atoms with Gasteiger partial charge >= 0.3 is 0 Å². The average molecular weight is 327 g/mol. The summed E-state index contributed by atoms with van der Waals surface area (Å²) in [6.07, 6.45) is 0. The maximum atomic E-state index is 9.68. The van der Waals surface area contributed by atoms with Crippen molar-refractivity contribution in [1.29, 1.82) is 0 Å². The van der Waals surface area contributed by atoms with Gasteiger partial charge in [0.1, 0.15) is 22.8 Å². The second kappa shape index (κ2) is 7.38. The van der Waals surface area contributed by atoms with Gasteiger partial charge in [-0.1, -0.05) is 12.1 Å². The SMILES string of the molecule is COc1cccc(C(CO)NCc2cc3cc(OC)ccc3o2)c1. The van der Waals surface area contributed by atoms with Crippen molar-refractivity contribution in [3.8, 4) is 11.5 Å². The zero-order chi connectivity index (χ0) is 16.9. The molecule has 0 aliphatic heterocycles. The first-order chi connectivity index (χ1) is 11.7. The largest absolute Gasteiger partial charge is 0.497 e. The Balaban J connectivity index is 1.73. The molecule has 3 rings (SSSR count). The van der Waals surface area contributed by atoms with Crippen LogP contribution in [-0.4, -0.2) is 25.9 Å². The first-order valence-electron chi connectivity index (χ1n) is 7.78. The molecule has 0 saturated heterocycles. The molecule has 0 aliphatic rings. The summed E-state index contributed by atoms with van der Waals surface area (Å²) in [6, 6.07) is 15.1. The van der Waals surface area contributed by atoms with E-state index in [1.807, 2.05) is 48.5 Å². The van der Waals surface area contributed by atoms with Gasteiger partial charge in [-0.05, 0) is 42.0 Å². The monoisotopic (exact) mass is 327 g/mol. The highest BCUT2D eigenvalue weighted by Crippen LogP contribution is 2.25. The van der Waals surface area contributed by atoms with Crippen LogP contribution in [0.25, 0.3) is 11.0 Å². The van der Waals surface area contributed by atoms with Crippen molar-refractivity contribution >= 4 is 11.0 Å². The lowest BCUT2D eigenvalue weighted by Gasteiger charge is -2.16. The number of aliphatic hydroxyl groups excluding tert-OH is 1. The number of fused-ring (bicyclic) bond motifs is 1. The maximum absolute atomic E-state index is 9.68. The fourth-order valence-electron chi connectivity index (χ4n) is 2.66. The number of ether oxygens (including phenoxy) is 2. The molecular formula is C19H21NO4. The number of hydrogen-bond donors (Lipinski definition) is 2. The number of furan rings is 1. The first kappa shape index (κ1) is 16.4. The summed E-state index contributed by atoms with van der Waals surface area (Å²) < 4.78 is 16.3. The molecule has 126 valence electrons. The Morgan fingerprint density at radius 2 is 1.83 bits per heavy atom. The van der Waals surface area contributed by atoms with E-state index in [0.29, 0.717) is 6.54 Å². The minimum Gasteiger partial charge on any atom is -0.497 e. The highest BCUT2D eigenvalue weighted by molar-refractivity contribution is 5.79. The van der Waals surface area contributed by atoms with Crippen molar-refractivity contribution in [1.82, 2.24) is 5.32 Å². The van der Waals surface area contributed by atoms with Crippen LogP contribution in [-0.2, 0) is 6.54 Å². The molecule has 1 atom stereocenters. The smallest absolute Gasteiger partial charge is 0.134 e. The minimum absolute atomic E-state index is 0.0127. The predicted molar refractivity (Wildman–Crippen MR) is 92.4 cm³/mol. The van der Waals surface area contributed by atoms with Crippen LogP contribution in [0.3, 0.4) is 0 Å². The van der Waals surface area contributed by atoms with Crippen molar-refractivity contribution in [2.45, 2.75) is 12.6 Å². The van der Waals surface area contributed by atoms with Crippen molar-refractivity contribution in [3.63, 3.8) is 0 Å². The van der Waals surface area contributed by atoms with Crippen LogP contribution in [0.4, 0.5) is 0 Å². The van der Waals surface area contributed by atoms with Gasteiger partial charge in [-0.25, -0.2) is 0 Å². The summed E-state index contributed by atoms with van der Waals surface area (Å²) in [5, 5.41) is 14.0. The Kier molecular flexibility index (Phi) is 5.03. The molecule has 5 nitrogen and oxygen atoms in total. The van der Waals surface area contributed by atoms with Gasteiger partial charge in [-0.15, -0.1) is 0 Å². The lowest BCUT2D eigenvalue weighted by molar-refractivity contribution is 0.241. The van der Waals surface area contributed by atoms with Crippen molar-refractivity contribution in [2.75, 3.05) is 20.8 Å². The zero-order valence-electron chi connectivity index (χ0n) is 13.8. The average Bonchev–Trinajstić information content (AvgIpc) is 3.04. The summed E-state index contributed by atoms with van der Waals surface area (Å²) in [7, 11) is 3.27. The number of methoxy groups -OCH3 is 2. The van der Waals surface area contributed by atoms with E-state index in [2.05, 4.69) is 5.32 Å². The molecule has 3 aromatic rings. The summed E-state index contributed by atoms with van der Waals surface area (Å²) in [6.45, 7) is 0.501. The molecule has 2 aromatic carbocycles. The lowest BCUT2D eigenvalue weighted by atomic mass is 10.1. The van der Waals surface area contributed by atoms with Gasteiger partial charge in [-0.3, -0.25) is 0 Å². The van der Waals surface area contributed by atoms with Crippen LogP contribution in [0.2, 0.25) is 0 Å². The van der Waals surface area contributed by atoms with E-state index >= 15 is 0 Å². The van der Waals surface area contributed by atoms with E-state index in [0.717, 1.165) is 33.8 Å². The van der Waals surface area contributed by atoms with Crippen LogP contribution >= 0.6 is 0 Å². The fraction of sp³-hybridized carbons (Fsp3) is 0.263. The summed E-state index contributed by atoms with van der Waals surface area (Å²) >= 11 is 0. The van der Waals surface area contributed by atoms with Crippen LogP contribution in [0.15, 0.2) is 52.9 Å². The molecule has 1 aromatic heterocycles. The molecule has 0 radical (unpaired) electrons. The zero-order valence-corrected chi connectivity index (χ0v) is 13.8. The number of rotatable bonds is 7. The van der Waals surface area contributed by atoms with E-state index in [4.69, 9.17) is 13.9 Å².